The first-order valence-corrected chi connectivity index (χ1v) is 7.19. The van der Waals surface area contributed by atoms with E-state index in [4.69, 9.17) is 0 Å². The van der Waals surface area contributed by atoms with Crippen molar-refractivity contribution >= 4 is 0 Å². The molecule has 1 rings (SSSR count). The molecule has 1 nitrogen and oxygen atoms in total. The Kier molecular flexibility index (Phi) is 7.00. The van der Waals surface area contributed by atoms with Crippen molar-refractivity contribution in [2.75, 3.05) is 6.54 Å². The van der Waals surface area contributed by atoms with Crippen LogP contribution < -0.4 is 5.32 Å². The smallest absolute Gasteiger partial charge is 0.126 e. The summed E-state index contributed by atoms with van der Waals surface area (Å²) < 4.78 is 26.3. The Morgan fingerprint density at radius 1 is 1.05 bits per heavy atom. The lowest BCUT2D eigenvalue weighted by Gasteiger charge is -2.18. The molecule has 0 spiro atoms. The maximum absolute atomic E-state index is 13.2. The highest BCUT2D eigenvalue weighted by molar-refractivity contribution is 5.18. The van der Waals surface area contributed by atoms with E-state index in [-0.39, 0.29) is 0 Å². The molecule has 0 aliphatic carbocycles. The Labute approximate surface area is 115 Å². The maximum atomic E-state index is 13.2. The topological polar surface area (TPSA) is 12.0 Å². The quantitative estimate of drug-likeness (QED) is 0.741. The number of benzene rings is 1. The van der Waals surface area contributed by atoms with E-state index in [2.05, 4.69) is 26.1 Å². The van der Waals surface area contributed by atoms with Crippen molar-refractivity contribution in [1.29, 1.82) is 0 Å². The fourth-order valence-corrected chi connectivity index (χ4v) is 2.35. The highest BCUT2D eigenvalue weighted by atomic mass is 19.1. The number of rotatable bonds is 8. The van der Waals surface area contributed by atoms with E-state index >= 15 is 0 Å². The van der Waals surface area contributed by atoms with Gasteiger partial charge in [-0.2, -0.15) is 0 Å². The number of hydrogen-bond donors (Lipinski definition) is 1. The molecule has 0 aromatic heterocycles. The molecular weight excluding hydrogens is 244 g/mol. The molecule has 0 fully saturated rings. The fourth-order valence-electron chi connectivity index (χ4n) is 2.35. The minimum Gasteiger partial charge on any atom is -0.314 e. The van der Waals surface area contributed by atoms with Gasteiger partial charge in [0.05, 0.1) is 0 Å². The van der Waals surface area contributed by atoms with Crippen LogP contribution in [0.25, 0.3) is 0 Å². The molecule has 0 aliphatic rings. The molecule has 108 valence electrons. The molecule has 0 bridgehead atoms. The summed E-state index contributed by atoms with van der Waals surface area (Å²) in [6, 6.07) is 4.07. The second-order valence-electron chi connectivity index (χ2n) is 5.56. The minimum atomic E-state index is -0.493. The Bertz CT molecular complexity index is 357. The number of halogens is 2. The van der Waals surface area contributed by atoms with E-state index in [0.717, 1.165) is 31.0 Å². The van der Waals surface area contributed by atoms with Gasteiger partial charge in [-0.3, -0.25) is 0 Å². The monoisotopic (exact) mass is 269 g/mol. The van der Waals surface area contributed by atoms with Crippen LogP contribution in [0.3, 0.4) is 0 Å². The van der Waals surface area contributed by atoms with Crippen molar-refractivity contribution < 1.29 is 8.78 Å². The van der Waals surface area contributed by atoms with E-state index in [1.807, 2.05) is 0 Å². The van der Waals surface area contributed by atoms with Gasteiger partial charge in [-0.25, -0.2) is 8.78 Å². The van der Waals surface area contributed by atoms with Crippen molar-refractivity contribution in [1.82, 2.24) is 5.32 Å². The molecule has 0 radical (unpaired) electrons. The lowest BCUT2D eigenvalue weighted by Crippen LogP contribution is -2.31. The summed E-state index contributed by atoms with van der Waals surface area (Å²) in [5.41, 5.74) is 0.730. The van der Waals surface area contributed by atoms with Gasteiger partial charge in [0, 0.05) is 12.1 Å². The third kappa shape index (κ3) is 6.67. The minimum absolute atomic E-state index is 0.296. The van der Waals surface area contributed by atoms with Gasteiger partial charge in [0.1, 0.15) is 11.6 Å². The van der Waals surface area contributed by atoms with Crippen LogP contribution in [0.5, 0.6) is 0 Å². The van der Waals surface area contributed by atoms with Crippen LogP contribution in [0.4, 0.5) is 8.78 Å². The van der Waals surface area contributed by atoms with Gasteiger partial charge in [-0.1, -0.05) is 33.6 Å². The number of nitrogens with one attached hydrogen (secondary N) is 1. The van der Waals surface area contributed by atoms with Gasteiger partial charge in [0.15, 0.2) is 0 Å². The molecule has 3 heteroatoms. The van der Waals surface area contributed by atoms with Crippen LogP contribution >= 0.6 is 0 Å². The van der Waals surface area contributed by atoms with Gasteiger partial charge in [-0.05, 0) is 43.0 Å². The fraction of sp³-hybridized carbons (Fsp3) is 0.625. The highest BCUT2D eigenvalue weighted by Gasteiger charge is 2.10. The third-order valence-corrected chi connectivity index (χ3v) is 3.23. The largest absolute Gasteiger partial charge is 0.314 e. The summed E-state index contributed by atoms with van der Waals surface area (Å²) in [6.45, 7) is 7.36. The summed E-state index contributed by atoms with van der Waals surface area (Å²) in [6.07, 6.45) is 4.07. The zero-order chi connectivity index (χ0) is 14.3. The van der Waals surface area contributed by atoms with Gasteiger partial charge < -0.3 is 5.32 Å². The highest BCUT2D eigenvalue weighted by Crippen LogP contribution is 2.14. The molecule has 1 unspecified atom stereocenters. The second-order valence-corrected chi connectivity index (χ2v) is 5.56. The van der Waals surface area contributed by atoms with Crippen LogP contribution in [0.2, 0.25) is 0 Å². The Hall–Kier alpha value is -0.960. The summed E-state index contributed by atoms with van der Waals surface area (Å²) >= 11 is 0. The van der Waals surface area contributed by atoms with E-state index in [1.54, 1.807) is 0 Å². The summed E-state index contributed by atoms with van der Waals surface area (Å²) in [7, 11) is 0. The van der Waals surface area contributed by atoms with Crippen LogP contribution in [0, 0.1) is 17.6 Å². The first-order valence-electron chi connectivity index (χ1n) is 7.19. The average molecular weight is 269 g/mol. The predicted molar refractivity (Wildman–Crippen MR) is 76.2 cm³/mol. The molecule has 0 heterocycles. The van der Waals surface area contributed by atoms with E-state index in [1.165, 1.54) is 18.6 Å². The first-order chi connectivity index (χ1) is 9.01. The average Bonchev–Trinajstić information content (AvgIpc) is 2.27. The van der Waals surface area contributed by atoms with Gasteiger partial charge >= 0.3 is 0 Å². The molecule has 0 amide bonds. The van der Waals surface area contributed by atoms with Crippen LogP contribution in [0.15, 0.2) is 18.2 Å². The zero-order valence-corrected chi connectivity index (χ0v) is 12.2. The summed E-state index contributed by atoms with van der Waals surface area (Å²) in [5, 5.41) is 3.40. The molecular formula is C16H25F2N. The van der Waals surface area contributed by atoms with Crippen molar-refractivity contribution in [3.05, 3.63) is 35.4 Å². The molecule has 0 aliphatic heterocycles. The van der Waals surface area contributed by atoms with E-state index in [9.17, 15) is 8.78 Å². The van der Waals surface area contributed by atoms with E-state index in [0.29, 0.717) is 18.4 Å². The van der Waals surface area contributed by atoms with Gasteiger partial charge in [-0.15, -0.1) is 0 Å². The lowest BCUT2D eigenvalue weighted by molar-refractivity contribution is 0.440. The Morgan fingerprint density at radius 3 is 2.21 bits per heavy atom. The normalized spacial score (nSPS) is 12.9. The second kappa shape index (κ2) is 8.26. The summed E-state index contributed by atoms with van der Waals surface area (Å²) in [4.78, 5) is 0. The molecule has 0 saturated carbocycles. The molecule has 1 N–H and O–H groups in total. The lowest BCUT2D eigenvalue weighted by atomic mass is 9.98. The van der Waals surface area contributed by atoms with E-state index < -0.39 is 11.6 Å². The maximum Gasteiger partial charge on any atom is 0.126 e. The molecule has 1 aromatic carbocycles. The molecule has 0 saturated heterocycles. The van der Waals surface area contributed by atoms with Crippen LogP contribution in [-0.2, 0) is 6.42 Å². The van der Waals surface area contributed by atoms with Crippen molar-refractivity contribution in [3.63, 3.8) is 0 Å². The molecule has 1 aromatic rings. The standard InChI is InChI=1S/C16H25F2N/c1-4-19-16(7-5-6-12(2)3)10-13-8-14(17)11-15(18)9-13/h8-9,11-12,16,19H,4-7,10H2,1-3H3. The number of likely N-dealkylation sites (N-methyl/N-ethyl adjacent to an activating group) is 1. The van der Waals surface area contributed by atoms with Gasteiger partial charge in [0.2, 0.25) is 0 Å². The molecule has 19 heavy (non-hydrogen) atoms. The first kappa shape index (κ1) is 16.1. The third-order valence-electron chi connectivity index (χ3n) is 3.23. The van der Waals surface area contributed by atoms with Crippen molar-refractivity contribution in [3.8, 4) is 0 Å². The van der Waals surface area contributed by atoms with Crippen LogP contribution in [0.1, 0.15) is 45.6 Å². The van der Waals surface area contributed by atoms with Crippen molar-refractivity contribution in [2.45, 2.75) is 52.5 Å². The number of hydrogen-bond acceptors (Lipinski definition) is 1. The Balaban J connectivity index is 2.56. The van der Waals surface area contributed by atoms with Crippen molar-refractivity contribution in [2.24, 2.45) is 5.92 Å². The SMILES string of the molecule is CCNC(CCCC(C)C)Cc1cc(F)cc(F)c1. The molecule has 1 atom stereocenters. The van der Waals surface area contributed by atoms with Gasteiger partial charge in [0.25, 0.3) is 0 Å². The summed E-state index contributed by atoms with van der Waals surface area (Å²) in [5.74, 6) is -0.284. The van der Waals surface area contributed by atoms with Crippen LogP contribution in [-0.4, -0.2) is 12.6 Å². The zero-order valence-electron chi connectivity index (χ0n) is 12.2. The predicted octanol–water partition coefficient (Wildman–Crippen LogP) is 4.31. The Morgan fingerprint density at radius 2 is 1.68 bits per heavy atom.